The summed E-state index contributed by atoms with van der Waals surface area (Å²) in [4.78, 5) is 18.1. The Hall–Kier alpha value is -1.12. The molecule has 13 heavy (non-hydrogen) atoms. The van der Waals surface area contributed by atoms with Gasteiger partial charge in [-0.2, -0.15) is 0 Å². The molecule has 1 aromatic heterocycles. The van der Waals surface area contributed by atoms with E-state index in [4.69, 9.17) is 0 Å². The predicted molar refractivity (Wildman–Crippen MR) is 52.9 cm³/mol. The van der Waals surface area contributed by atoms with E-state index in [0.29, 0.717) is 11.7 Å². The molecule has 0 radical (unpaired) electrons. The standard InChI is InChI=1S/C10H16N2O/c1-4-5-7(2)9-6-10(13)12-8(3)11-9/h6-7H,4-5H2,1-3H3,(H,11,12,13). The van der Waals surface area contributed by atoms with Gasteiger partial charge in [-0.25, -0.2) is 4.98 Å². The van der Waals surface area contributed by atoms with Crippen LogP contribution in [0, 0.1) is 6.92 Å². The first kappa shape index (κ1) is 9.96. The van der Waals surface area contributed by atoms with Gasteiger partial charge >= 0.3 is 0 Å². The van der Waals surface area contributed by atoms with Gasteiger partial charge < -0.3 is 4.98 Å². The van der Waals surface area contributed by atoms with Gasteiger partial charge in [0, 0.05) is 6.07 Å². The molecule has 0 aliphatic heterocycles. The summed E-state index contributed by atoms with van der Waals surface area (Å²) in [5, 5.41) is 0. The zero-order chi connectivity index (χ0) is 9.84. The second-order valence-corrected chi connectivity index (χ2v) is 3.45. The van der Waals surface area contributed by atoms with Crippen molar-refractivity contribution in [3.63, 3.8) is 0 Å². The van der Waals surface area contributed by atoms with Crippen LogP contribution in [-0.2, 0) is 0 Å². The number of nitrogens with one attached hydrogen (secondary N) is 1. The summed E-state index contributed by atoms with van der Waals surface area (Å²) >= 11 is 0. The summed E-state index contributed by atoms with van der Waals surface area (Å²) < 4.78 is 0. The summed E-state index contributed by atoms with van der Waals surface area (Å²) in [6.07, 6.45) is 2.20. The van der Waals surface area contributed by atoms with E-state index in [9.17, 15) is 4.79 Å². The van der Waals surface area contributed by atoms with Gasteiger partial charge in [0.2, 0.25) is 0 Å². The van der Waals surface area contributed by atoms with E-state index in [0.717, 1.165) is 18.5 Å². The van der Waals surface area contributed by atoms with E-state index in [2.05, 4.69) is 23.8 Å². The maximum absolute atomic E-state index is 11.1. The number of aryl methyl sites for hydroxylation is 1. The third-order valence-corrected chi connectivity index (χ3v) is 2.11. The maximum Gasteiger partial charge on any atom is 0.251 e. The zero-order valence-corrected chi connectivity index (χ0v) is 8.42. The monoisotopic (exact) mass is 180 g/mol. The van der Waals surface area contributed by atoms with Crippen LogP contribution < -0.4 is 5.56 Å². The largest absolute Gasteiger partial charge is 0.311 e. The average molecular weight is 180 g/mol. The second kappa shape index (κ2) is 4.21. The minimum Gasteiger partial charge on any atom is -0.311 e. The van der Waals surface area contributed by atoms with Gasteiger partial charge in [0.05, 0.1) is 5.69 Å². The lowest BCUT2D eigenvalue weighted by atomic mass is 10.0. The van der Waals surface area contributed by atoms with E-state index < -0.39 is 0 Å². The fourth-order valence-corrected chi connectivity index (χ4v) is 1.44. The van der Waals surface area contributed by atoms with E-state index in [1.54, 1.807) is 6.07 Å². The van der Waals surface area contributed by atoms with E-state index in [1.165, 1.54) is 0 Å². The van der Waals surface area contributed by atoms with Crippen molar-refractivity contribution in [1.29, 1.82) is 0 Å². The highest BCUT2D eigenvalue weighted by Gasteiger charge is 2.06. The van der Waals surface area contributed by atoms with E-state index >= 15 is 0 Å². The Bertz CT molecular complexity index is 330. The van der Waals surface area contributed by atoms with Crippen molar-refractivity contribution in [1.82, 2.24) is 9.97 Å². The van der Waals surface area contributed by atoms with Crippen molar-refractivity contribution in [2.24, 2.45) is 0 Å². The van der Waals surface area contributed by atoms with Gasteiger partial charge in [0.25, 0.3) is 5.56 Å². The lowest BCUT2D eigenvalue weighted by molar-refractivity contribution is 0.641. The predicted octanol–water partition coefficient (Wildman–Crippen LogP) is 1.98. The Morgan fingerprint density at radius 3 is 2.85 bits per heavy atom. The third kappa shape index (κ3) is 2.68. The molecule has 0 fully saturated rings. The highest BCUT2D eigenvalue weighted by atomic mass is 16.1. The summed E-state index contributed by atoms with van der Waals surface area (Å²) in [7, 11) is 0. The normalized spacial score (nSPS) is 12.8. The fraction of sp³-hybridized carbons (Fsp3) is 0.600. The Morgan fingerprint density at radius 1 is 1.62 bits per heavy atom. The second-order valence-electron chi connectivity index (χ2n) is 3.45. The van der Waals surface area contributed by atoms with Gasteiger partial charge in [-0.1, -0.05) is 20.3 Å². The van der Waals surface area contributed by atoms with E-state index in [-0.39, 0.29) is 5.56 Å². The SMILES string of the molecule is CCCC(C)c1cc(=O)[nH]c(C)n1. The number of rotatable bonds is 3. The molecule has 0 aromatic carbocycles. The lowest BCUT2D eigenvalue weighted by Crippen LogP contribution is -2.12. The Morgan fingerprint density at radius 2 is 2.31 bits per heavy atom. The van der Waals surface area contributed by atoms with Gasteiger partial charge in [0.15, 0.2) is 0 Å². The molecule has 0 saturated heterocycles. The van der Waals surface area contributed by atoms with Gasteiger partial charge in [-0.3, -0.25) is 4.79 Å². The van der Waals surface area contributed by atoms with Crippen LogP contribution in [0.4, 0.5) is 0 Å². The number of hydrogen-bond donors (Lipinski definition) is 1. The Balaban J connectivity index is 2.94. The van der Waals surface area contributed by atoms with Crippen LogP contribution >= 0.6 is 0 Å². The summed E-state index contributed by atoms with van der Waals surface area (Å²) in [5.74, 6) is 1.08. The Labute approximate surface area is 78.2 Å². The van der Waals surface area contributed by atoms with Gasteiger partial charge in [-0.05, 0) is 19.3 Å². The van der Waals surface area contributed by atoms with Crippen LogP contribution in [0.2, 0.25) is 0 Å². The molecular formula is C10H16N2O. The molecule has 0 bridgehead atoms. The quantitative estimate of drug-likeness (QED) is 0.773. The molecule has 1 heterocycles. The van der Waals surface area contributed by atoms with Crippen molar-refractivity contribution in [2.45, 2.75) is 39.5 Å². The molecule has 1 aromatic rings. The molecule has 0 aliphatic carbocycles. The Kier molecular flexibility index (Phi) is 3.23. The van der Waals surface area contributed by atoms with Crippen molar-refractivity contribution >= 4 is 0 Å². The van der Waals surface area contributed by atoms with E-state index in [1.807, 2.05) is 6.92 Å². The highest BCUT2D eigenvalue weighted by molar-refractivity contribution is 5.07. The molecule has 72 valence electrons. The van der Waals surface area contributed by atoms with Gasteiger partial charge in [0.1, 0.15) is 5.82 Å². The molecule has 1 rings (SSSR count). The average Bonchev–Trinajstić information content (AvgIpc) is 2.03. The lowest BCUT2D eigenvalue weighted by Gasteiger charge is -2.08. The third-order valence-electron chi connectivity index (χ3n) is 2.11. The first-order chi connectivity index (χ1) is 6.13. The van der Waals surface area contributed by atoms with Crippen LogP contribution in [0.1, 0.15) is 44.1 Å². The first-order valence-electron chi connectivity index (χ1n) is 4.71. The number of nitrogens with zero attached hydrogens (tertiary/aromatic N) is 1. The number of hydrogen-bond acceptors (Lipinski definition) is 2. The molecule has 3 nitrogen and oxygen atoms in total. The van der Waals surface area contributed by atoms with Crippen molar-refractivity contribution in [2.75, 3.05) is 0 Å². The van der Waals surface area contributed by atoms with Gasteiger partial charge in [-0.15, -0.1) is 0 Å². The van der Waals surface area contributed by atoms with Crippen LogP contribution in [0.25, 0.3) is 0 Å². The van der Waals surface area contributed by atoms with Crippen molar-refractivity contribution < 1.29 is 0 Å². The summed E-state index contributed by atoms with van der Waals surface area (Å²) in [6, 6.07) is 1.59. The summed E-state index contributed by atoms with van der Waals surface area (Å²) in [5.41, 5.74) is 0.855. The van der Waals surface area contributed by atoms with Crippen LogP contribution in [0.5, 0.6) is 0 Å². The summed E-state index contributed by atoms with van der Waals surface area (Å²) in [6.45, 7) is 6.05. The van der Waals surface area contributed by atoms with Crippen LogP contribution in [-0.4, -0.2) is 9.97 Å². The first-order valence-corrected chi connectivity index (χ1v) is 4.71. The minimum atomic E-state index is -0.0505. The number of H-pyrrole nitrogens is 1. The molecule has 1 unspecified atom stereocenters. The molecule has 1 N–H and O–H groups in total. The molecule has 0 saturated carbocycles. The van der Waals surface area contributed by atoms with Crippen molar-refractivity contribution in [3.8, 4) is 0 Å². The molecule has 1 atom stereocenters. The molecule has 0 amide bonds. The maximum atomic E-state index is 11.1. The number of aromatic nitrogens is 2. The molecule has 0 spiro atoms. The number of aromatic amines is 1. The van der Waals surface area contributed by atoms with Crippen LogP contribution in [0.15, 0.2) is 10.9 Å². The van der Waals surface area contributed by atoms with Crippen LogP contribution in [0.3, 0.4) is 0 Å². The molecular weight excluding hydrogens is 164 g/mol. The molecule has 0 aliphatic rings. The zero-order valence-electron chi connectivity index (χ0n) is 8.42. The smallest absolute Gasteiger partial charge is 0.251 e. The molecule has 3 heteroatoms. The van der Waals surface area contributed by atoms with Crippen molar-refractivity contribution in [3.05, 3.63) is 27.9 Å². The minimum absolute atomic E-state index is 0.0505. The highest BCUT2D eigenvalue weighted by Crippen LogP contribution is 2.16. The fourth-order valence-electron chi connectivity index (χ4n) is 1.44. The topological polar surface area (TPSA) is 45.8 Å².